The predicted octanol–water partition coefficient (Wildman–Crippen LogP) is 2.11. The minimum atomic E-state index is -0.408. The molecule has 1 aromatic heterocycles. The molecule has 0 aliphatic heterocycles. The highest BCUT2D eigenvalue weighted by Crippen LogP contribution is 2.21. The quantitative estimate of drug-likeness (QED) is 0.739. The van der Waals surface area contributed by atoms with E-state index in [0.717, 1.165) is 5.56 Å². The molecule has 0 aliphatic carbocycles. The summed E-state index contributed by atoms with van der Waals surface area (Å²) in [4.78, 5) is 0. The smallest absolute Gasteiger partial charge is 0.182 e. The summed E-state index contributed by atoms with van der Waals surface area (Å²) in [6, 6.07) is 14.1. The van der Waals surface area contributed by atoms with Gasteiger partial charge >= 0.3 is 0 Å². The summed E-state index contributed by atoms with van der Waals surface area (Å²) >= 11 is 0. The Morgan fingerprint density at radius 3 is 2.65 bits per heavy atom. The third kappa shape index (κ3) is 2.49. The molecule has 3 aromatic rings. The topological polar surface area (TPSA) is 69.6 Å². The van der Waals surface area contributed by atoms with Crippen LogP contribution in [-0.2, 0) is 6.54 Å². The molecule has 5 nitrogen and oxygen atoms in total. The minimum absolute atomic E-state index is 0.342. The van der Waals surface area contributed by atoms with Crippen molar-refractivity contribution >= 4 is 5.69 Å². The van der Waals surface area contributed by atoms with Crippen molar-refractivity contribution in [3.63, 3.8) is 0 Å². The number of aromatic nitrogens is 4. The van der Waals surface area contributed by atoms with Crippen LogP contribution in [0.1, 0.15) is 5.56 Å². The summed E-state index contributed by atoms with van der Waals surface area (Å²) in [6.45, 7) is 0.513. The normalized spacial score (nSPS) is 10.7. The van der Waals surface area contributed by atoms with Crippen LogP contribution in [0.15, 0.2) is 48.5 Å². The van der Waals surface area contributed by atoms with Crippen LogP contribution >= 0.6 is 0 Å². The Balaban J connectivity index is 1.98. The highest BCUT2D eigenvalue weighted by molar-refractivity contribution is 5.61. The second kappa shape index (κ2) is 5.08. The number of hydrogen-bond acceptors (Lipinski definition) is 4. The second-order valence-corrected chi connectivity index (χ2v) is 4.42. The lowest BCUT2D eigenvalue weighted by atomic mass is 10.1. The van der Waals surface area contributed by atoms with Crippen LogP contribution in [0.2, 0.25) is 0 Å². The van der Waals surface area contributed by atoms with Gasteiger partial charge in [0.15, 0.2) is 5.82 Å². The molecule has 100 valence electrons. The maximum atomic E-state index is 13.4. The lowest BCUT2D eigenvalue weighted by Gasteiger charge is -2.05. The van der Waals surface area contributed by atoms with Crippen LogP contribution in [0, 0.1) is 5.82 Å². The number of rotatable bonds is 3. The van der Waals surface area contributed by atoms with Gasteiger partial charge in [0.2, 0.25) is 0 Å². The first kappa shape index (κ1) is 12.3. The third-order valence-electron chi connectivity index (χ3n) is 2.89. The highest BCUT2D eigenvalue weighted by atomic mass is 19.1. The van der Waals surface area contributed by atoms with Crippen LogP contribution in [0.4, 0.5) is 10.1 Å². The van der Waals surface area contributed by atoms with E-state index in [1.54, 1.807) is 10.7 Å². The Bertz CT molecular complexity index is 703. The van der Waals surface area contributed by atoms with E-state index in [1.807, 2.05) is 30.3 Å². The average Bonchev–Trinajstić information content (AvgIpc) is 2.87. The van der Waals surface area contributed by atoms with Crippen LogP contribution < -0.4 is 5.73 Å². The summed E-state index contributed by atoms with van der Waals surface area (Å²) in [5.41, 5.74) is 7.61. The van der Waals surface area contributed by atoms with E-state index in [9.17, 15) is 4.39 Å². The van der Waals surface area contributed by atoms with Gasteiger partial charge in [0.05, 0.1) is 6.54 Å². The minimum Gasteiger partial charge on any atom is -0.399 e. The van der Waals surface area contributed by atoms with Crippen molar-refractivity contribution in [3.8, 4) is 11.4 Å². The van der Waals surface area contributed by atoms with Gasteiger partial charge in [-0.3, -0.25) is 0 Å². The Morgan fingerprint density at radius 2 is 1.90 bits per heavy atom. The first-order valence-electron chi connectivity index (χ1n) is 6.09. The SMILES string of the molecule is Nc1cc(F)cc(-c2nnnn2Cc2ccccc2)c1. The van der Waals surface area contributed by atoms with Crippen LogP contribution in [0.25, 0.3) is 11.4 Å². The third-order valence-corrected chi connectivity index (χ3v) is 2.89. The molecule has 0 amide bonds. The maximum Gasteiger partial charge on any atom is 0.182 e. The van der Waals surface area contributed by atoms with Gasteiger partial charge in [-0.25, -0.2) is 9.07 Å². The average molecular weight is 269 g/mol. The van der Waals surface area contributed by atoms with Crippen LogP contribution in [-0.4, -0.2) is 20.2 Å². The zero-order valence-corrected chi connectivity index (χ0v) is 10.6. The van der Waals surface area contributed by atoms with Crippen molar-refractivity contribution in [2.24, 2.45) is 0 Å². The Hall–Kier alpha value is -2.76. The van der Waals surface area contributed by atoms with Crippen LogP contribution in [0.3, 0.4) is 0 Å². The molecule has 0 spiro atoms. The lowest BCUT2D eigenvalue weighted by molar-refractivity contribution is 0.627. The Kier molecular flexibility index (Phi) is 3.12. The highest BCUT2D eigenvalue weighted by Gasteiger charge is 2.11. The molecule has 6 heteroatoms. The first-order valence-corrected chi connectivity index (χ1v) is 6.09. The monoisotopic (exact) mass is 269 g/mol. The lowest BCUT2D eigenvalue weighted by Crippen LogP contribution is -2.04. The summed E-state index contributed by atoms with van der Waals surface area (Å²) < 4.78 is 15.0. The molecule has 0 fully saturated rings. The number of nitrogens with two attached hydrogens (primary N) is 1. The van der Waals surface area contributed by atoms with E-state index in [0.29, 0.717) is 23.6 Å². The maximum absolute atomic E-state index is 13.4. The fourth-order valence-corrected chi connectivity index (χ4v) is 2.02. The van der Waals surface area contributed by atoms with Gasteiger partial charge in [-0.1, -0.05) is 30.3 Å². The number of nitrogen functional groups attached to an aromatic ring is 1. The van der Waals surface area contributed by atoms with E-state index in [-0.39, 0.29) is 0 Å². The summed E-state index contributed by atoms with van der Waals surface area (Å²) in [6.07, 6.45) is 0. The van der Waals surface area contributed by atoms with E-state index < -0.39 is 5.82 Å². The van der Waals surface area contributed by atoms with Crippen LogP contribution in [0.5, 0.6) is 0 Å². The number of anilines is 1. The first-order chi connectivity index (χ1) is 9.72. The molecule has 3 rings (SSSR count). The molecular formula is C14H12FN5. The van der Waals surface area contributed by atoms with E-state index in [2.05, 4.69) is 15.5 Å². The van der Waals surface area contributed by atoms with E-state index >= 15 is 0 Å². The molecule has 0 bridgehead atoms. The summed E-state index contributed by atoms with van der Waals surface area (Å²) in [7, 11) is 0. The molecule has 2 aromatic carbocycles. The van der Waals surface area contributed by atoms with Gasteiger partial charge in [0, 0.05) is 11.3 Å². The van der Waals surface area contributed by atoms with Crippen molar-refractivity contribution in [3.05, 3.63) is 59.9 Å². The summed E-state index contributed by atoms with van der Waals surface area (Å²) in [5, 5.41) is 11.5. The van der Waals surface area contributed by atoms with Gasteiger partial charge in [-0.05, 0) is 34.2 Å². The second-order valence-electron chi connectivity index (χ2n) is 4.42. The number of nitrogens with zero attached hydrogens (tertiary/aromatic N) is 4. The number of hydrogen-bond donors (Lipinski definition) is 1. The molecule has 0 aliphatic rings. The molecule has 0 radical (unpaired) electrons. The molecule has 1 heterocycles. The largest absolute Gasteiger partial charge is 0.399 e. The molecule has 0 saturated heterocycles. The van der Waals surface area contributed by atoms with Gasteiger partial charge in [-0.2, -0.15) is 0 Å². The van der Waals surface area contributed by atoms with Crippen molar-refractivity contribution in [2.45, 2.75) is 6.54 Å². The van der Waals surface area contributed by atoms with E-state index in [4.69, 9.17) is 5.73 Å². The fourth-order valence-electron chi connectivity index (χ4n) is 2.02. The van der Waals surface area contributed by atoms with Crippen molar-refractivity contribution in [1.82, 2.24) is 20.2 Å². The molecule has 0 atom stereocenters. The zero-order chi connectivity index (χ0) is 13.9. The van der Waals surface area contributed by atoms with E-state index in [1.165, 1.54) is 12.1 Å². The number of benzene rings is 2. The standard InChI is InChI=1S/C14H12FN5/c15-12-6-11(7-13(16)8-12)14-17-18-19-20(14)9-10-4-2-1-3-5-10/h1-8H,9,16H2. The van der Waals surface area contributed by atoms with Gasteiger partial charge in [-0.15, -0.1) is 5.10 Å². The number of tetrazole rings is 1. The number of halogens is 1. The van der Waals surface area contributed by atoms with Gasteiger partial charge in [0.25, 0.3) is 0 Å². The Morgan fingerprint density at radius 1 is 1.10 bits per heavy atom. The fraction of sp³-hybridized carbons (Fsp3) is 0.0714. The molecule has 0 unspecified atom stereocenters. The molecule has 20 heavy (non-hydrogen) atoms. The molecule has 2 N–H and O–H groups in total. The van der Waals surface area contributed by atoms with Gasteiger partial charge in [0.1, 0.15) is 5.82 Å². The van der Waals surface area contributed by atoms with Crippen molar-refractivity contribution in [2.75, 3.05) is 5.73 Å². The Labute approximate surface area is 114 Å². The van der Waals surface area contributed by atoms with Crippen molar-refractivity contribution in [1.29, 1.82) is 0 Å². The summed E-state index contributed by atoms with van der Waals surface area (Å²) in [5.74, 6) is 0.0781. The molecular weight excluding hydrogens is 257 g/mol. The molecule has 0 saturated carbocycles. The predicted molar refractivity (Wildman–Crippen MR) is 73.2 cm³/mol. The van der Waals surface area contributed by atoms with Gasteiger partial charge < -0.3 is 5.73 Å². The van der Waals surface area contributed by atoms with Crippen molar-refractivity contribution < 1.29 is 4.39 Å². The zero-order valence-electron chi connectivity index (χ0n) is 10.6.